The van der Waals surface area contributed by atoms with Crippen LogP contribution < -0.4 is 10.6 Å². The lowest BCUT2D eigenvalue weighted by Gasteiger charge is -2.17. The normalized spacial score (nSPS) is 10.4. The molecule has 0 aliphatic carbocycles. The monoisotopic (exact) mass is 309 g/mol. The van der Waals surface area contributed by atoms with Crippen LogP contribution in [0.5, 0.6) is 0 Å². The van der Waals surface area contributed by atoms with Gasteiger partial charge in [-0.2, -0.15) is 0 Å². The molecule has 1 amide bonds. The van der Waals surface area contributed by atoms with E-state index in [1.165, 1.54) is 11.1 Å². The van der Waals surface area contributed by atoms with Gasteiger partial charge in [-0.15, -0.1) is 6.58 Å². The second kappa shape index (κ2) is 7.58. The van der Waals surface area contributed by atoms with Crippen molar-refractivity contribution >= 4 is 17.3 Å². The molecule has 0 spiro atoms. The summed E-state index contributed by atoms with van der Waals surface area (Å²) in [6.45, 7) is 10.4. The van der Waals surface area contributed by atoms with E-state index in [-0.39, 0.29) is 5.91 Å². The largest absolute Gasteiger partial charge is 0.355 e. The Morgan fingerprint density at radius 3 is 2.83 bits per heavy atom. The Morgan fingerprint density at radius 2 is 2.13 bits per heavy atom. The lowest BCUT2D eigenvalue weighted by Crippen LogP contribution is -2.24. The Hall–Kier alpha value is -2.62. The van der Waals surface area contributed by atoms with Crippen LogP contribution in [0.1, 0.15) is 41.4 Å². The van der Waals surface area contributed by atoms with Gasteiger partial charge in [-0.25, -0.2) is 0 Å². The molecule has 0 radical (unpaired) electrons. The highest BCUT2D eigenvalue weighted by atomic mass is 16.1. The molecule has 0 unspecified atom stereocenters. The summed E-state index contributed by atoms with van der Waals surface area (Å²) in [4.78, 5) is 16.1. The third-order valence-corrected chi connectivity index (χ3v) is 3.60. The Bertz CT molecular complexity index is 708. The number of nitrogens with one attached hydrogen (secondary N) is 2. The number of hydrogen-bond donors (Lipinski definition) is 2. The quantitative estimate of drug-likeness (QED) is 0.787. The predicted molar refractivity (Wildman–Crippen MR) is 95.3 cm³/mol. The molecule has 0 saturated heterocycles. The summed E-state index contributed by atoms with van der Waals surface area (Å²) < 4.78 is 0. The van der Waals surface area contributed by atoms with E-state index in [0.717, 1.165) is 11.4 Å². The second-order valence-electron chi connectivity index (χ2n) is 5.75. The van der Waals surface area contributed by atoms with E-state index in [1.54, 1.807) is 18.3 Å². The summed E-state index contributed by atoms with van der Waals surface area (Å²) in [6, 6.07) is 9.89. The minimum atomic E-state index is -0.206. The molecule has 4 nitrogen and oxygen atoms in total. The molecular formula is C19H23N3O. The first-order chi connectivity index (χ1) is 11.0. The SMILES string of the molecule is C=CCNC(=O)c1cc(Nc2c(C)cccc2C(C)C)ccn1. The van der Waals surface area contributed by atoms with Gasteiger partial charge in [0.05, 0.1) is 0 Å². The first kappa shape index (κ1) is 16.7. The van der Waals surface area contributed by atoms with Crippen molar-refractivity contribution in [3.63, 3.8) is 0 Å². The number of aromatic nitrogens is 1. The van der Waals surface area contributed by atoms with Gasteiger partial charge < -0.3 is 10.6 Å². The van der Waals surface area contributed by atoms with Gasteiger partial charge in [-0.1, -0.05) is 38.1 Å². The summed E-state index contributed by atoms with van der Waals surface area (Å²) in [5.41, 5.74) is 4.74. The Balaban J connectivity index is 2.28. The van der Waals surface area contributed by atoms with Crippen LogP contribution >= 0.6 is 0 Å². The van der Waals surface area contributed by atoms with Gasteiger partial charge in [0.25, 0.3) is 5.91 Å². The zero-order chi connectivity index (χ0) is 16.8. The zero-order valence-corrected chi connectivity index (χ0v) is 13.9. The summed E-state index contributed by atoms with van der Waals surface area (Å²) in [7, 11) is 0. The Morgan fingerprint density at radius 1 is 1.35 bits per heavy atom. The fourth-order valence-electron chi connectivity index (χ4n) is 2.37. The van der Waals surface area contributed by atoms with E-state index in [9.17, 15) is 4.79 Å². The minimum absolute atomic E-state index is 0.206. The smallest absolute Gasteiger partial charge is 0.270 e. The molecule has 1 aromatic heterocycles. The van der Waals surface area contributed by atoms with E-state index in [2.05, 4.69) is 61.2 Å². The van der Waals surface area contributed by atoms with Gasteiger partial charge in [0.1, 0.15) is 5.69 Å². The molecular weight excluding hydrogens is 286 g/mol. The lowest BCUT2D eigenvalue weighted by molar-refractivity contribution is 0.0953. The van der Waals surface area contributed by atoms with Crippen molar-refractivity contribution in [2.75, 3.05) is 11.9 Å². The van der Waals surface area contributed by atoms with E-state index in [0.29, 0.717) is 18.2 Å². The molecule has 120 valence electrons. The molecule has 2 aromatic rings. The van der Waals surface area contributed by atoms with Crippen molar-refractivity contribution in [2.24, 2.45) is 0 Å². The maximum atomic E-state index is 12.0. The van der Waals surface area contributed by atoms with Gasteiger partial charge in [0.15, 0.2) is 0 Å². The number of amides is 1. The van der Waals surface area contributed by atoms with E-state index in [1.807, 2.05) is 6.07 Å². The number of para-hydroxylation sites is 1. The standard InChI is InChI=1S/C19H23N3O/c1-5-10-21-19(23)17-12-15(9-11-20-17)22-18-14(4)7-6-8-16(18)13(2)3/h5-9,11-13H,1,10H2,2-4H3,(H,20,22)(H,21,23). The van der Waals surface area contributed by atoms with Crippen molar-refractivity contribution in [1.29, 1.82) is 0 Å². The van der Waals surface area contributed by atoms with Crippen LogP contribution in [0, 0.1) is 6.92 Å². The van der Waals surface area contributed by atoms with Gasteiger partial charge in [0.2, 0.25) is 0 Å². The second-order valence-corrected chi connectivity index (χ2v) is 5.75. The predicted octanol–water partition coefficient (Wildman–Crippen LogP) is 4.17. The fraction of sp³-hybridized carbons (Fsp3) is 0.263. The molecule has 0 atom stereocenters. The first-order valence-electron chi connectivity index (χ1n) is 7.74. The van der Waals surface area contributed by atoms with Crippen molar-refractivity contribution in [3.05, 3.63) is 66.0 Å². The summed E-state index contributed by atoms with van der Waals surface area (Å²) in [5.74, 6) is 0.206. The molecule has 0 fully saturated rings. The molecule has 1 heterocycles. The Labute approximate surface area is 137 Å². The van der Waals surface area contributed by atoms with Crippen LogP contribution in [-0.2, 0) is 0 Å². The van der Waals surface area contributed by atoms with Gasteiger partial charge >= 0.3 is 0 Å². The molecule has 2 rings (SSSR count). The highest BCUT2D eigenvalue weighted by Gasteiger charge is 2.11. The van der Waals surface area contributed by atoms with Crippen molar-refractivity contribution in [3.8, 4) is 0 Å². The first-order valence-corrected chi connectivity index (χ1v) is 7.74. The third kappa shape index (κ3) is 4.19. The van der Waals surface area contributed by atoms with Gasteiger partial charge in [-0.05, 0) is 36.1 Å². The van der Waals surface area contributed by atoms with Crippen molar-refractivity contribution in [1.82, 2.24) is 10.3 Å². The molecule has 2 N–H and O–H groups in total. The topological polar surface area (TPSA) is 54.0 Å². The van der Waals surface area contributed by atoms with Crippen LogP contribution in [0.2, 0.25) is 0 Å². The van der Waals surface area contributed by atoms with Gasteiger partial charge in [0, 0.05) is 24.1 Å². The number of pyridine rings is 1. The zero-order valence-electron chi connectivity index (χ0n) is 13.9. The number of rotatable bonds is 6. The Kier molecular flexibility index (Phi) is 5.52. The summed E-state index contributed by atoms with van der Waals surface area (Å²) >= 11 is 0. The maximum absolute atomic E-state index is 12.0. The van der Waals surface area contributed by atoms with Crippen molar-refractivity contribution in [2.45, 2.75) is 26.7 Å². The van der Waals surface area contributed by atoms with Crippen LogP contribution in [0.15, 0.2) is 49.2 Å². The van der Waals surface area contributed by atoms with Crippen molar-refractivity contribution < 1.29 is 4.79 Å². The minimum Gasteiger partial charge on any atom is -0.355 e. The molecule has 0 saturated carbocycles. The molecule has 23 heavy (non-hydrogen) atoms. The number of nitrogens with zero attached hydrogens (tertiary/aromatic N) is 1. The van der Waals surface area contributed by atoms with Crippen LogP contribution in [0.25, 0.3) is 0 Å². The number of aryl methyl sites for hydroxylation is 1. The molecule has 0 aliphatic rings. The van der Waals surface area contributed by atoms with E-state index >= 15 is 0 Å². The summed E-state index contributed by atoms with van der Waals surface area (Å²) in [5, 5.41) is 6.17. The molecule has 4 heteroatoms. The van der Waals surface area contributed by atoms with E-state index < -0.39 is 0 Å². The number of carbonyl (C=O) groups is 1. The lowest BCUT2D eigenvalue weighted by atomic mass is 9.98. The molecule has 1 aromatic carbocycles. The number of carbonyl (C=O) groups excluding carboxylic acids is 1. The van der Waals surface area contributed by atoms with E-state index in [4.69, 9.17) is 0 Å². The molecule has 0 bridgehead atoms. The highest BCUT2D eigenvalue weighted by molar-refractivity contribution is 5.93. The average molecular weight is 309 g/mol. The highest BCUT2D eigenvalue weighted by Crippen LogP contribution is 2.30. The third-order valence-electron chi connectivity index (χ3n) is 3.60. The van der Waals surface area contributed by atoms with Gasteiger partial charge in [-0.3, -0.25) is 9.78 Å². The van der Waals surface area contributed by atoms with Crippen LogP contribution in [0.3, 0.4) is 0 Å². The number of hydrogen-bond acceptors (Lipinski definition) is 3. The maximum Gasteiger partial charge on any atom is 0.270 e. The molecule has 0 aliphatic heterocycles. The van der Waals surface area contributed by atoms with Crippen LogP contribution in [-0.4, -0.2) is 17.4 Å². The average Bonchev–Trinajstić information content (AvgIpc) is 2.54. The summed E-state index contributed by atoms with van der Waals surface area (Å²) in [6.07, 6.45) is 3.28. The fourth-order valence-corrected chi connectivity index (χ4v) is 2.37. The van der Waals surface area contributed by atoms with Crippen LogP contribution in [0.4, 0.5) is 11.4 Å². The number of benzene rings is 1. The number of anilines is 2.